The van der Waals surface area contributed by atoms with Crippen LogP contribution < -0.4 is 10.7 Å². The number of nitrogens with one attached hydrogen (secondary N) is 1. The molecule has 2 rings (SSSR count). The molecule has 0 saturated carbocycles. The Kier molecular flexibility index (Phi) is 4.12. The van der Waals surface area contributed by atoms with Crippen molar-refractivity contribution in [1.29, 1.82) is 0 Å². The maximum absolute atomic E-state index is 11.0. The minimum absolute atomic E-state index is 0.0310. The van der Waals surface area contributed by atoms with E-state index in [4.69, 9.17) is 0 Å². The summed E-state index contributed by atoms with van der Waals surface area (Å²) < 4.78 is 1.96. The van der Waals surface area contributed by atoms with Crippen LogP contribution in [0.3, 0.4) is 0 Å². The molecule has 4 heteroatoms. The van der Waals surface area contributed by atoms with E-state index >= 15 is 0 Å². The zero-order valence-electron chi connectivity index (χ0n) is 10.5. The summed E-state index contributed by atoms with van der Waals surface area (Å²) in [6, 6.07) is 7.14. The fourth-order valence-corrected chi connectivity index (χ4v) is 1.64. The highest BCUT2D eigenvalue weighted by Crippen LogP contribution is 2.06. The van der Waals surface area contributed by atoms with Crippen LogP contribution in [0.25, 0.3) is 0 Å². The Morgan fingerprint density at radius 3 is 2.61 bits per heavy atom. The van der Waals surface area contributed by atoms with Crippen molar-refractivity contribution >= 4 is 5.82 Å². The third kappa shape index (κ3) is 3.45. The van der Waals surface area contributed by atoms with E-state index in [1.54, 1.807) is 24.5 Å². The summed E-state index contributed by atoms with van der Waals surface area (Å²) >= 11 is 0. The van der Waals surface area contributed by atoms with Crippen molar-refractivity contribution in [3.05, 3.63) is 58.6 Å². The van der Waals surface area contributed by atoms with Crippen molar-refractivity contribution in [3.63, 3.8) is 0 Å². The van der Waals surface area contributed by atoms with E-state index in [-0.39, 0.29) is 5.43 Å². The van der Waals surface area contributed by atoms with Crippen molar-refractivity contribution in [2.45, 2.75) is 19.9 Å². The van der Waals surface area contributed by atoms with Gasteiger partial charge in [-0.25, -0.2) is 4.98 Å². The lowest BCUT2D eigenvalue weighted by molar-refractivity contribution is 0.785. The summed E-state index contributed by atoms with van der Waals surface area (Å²) in [4.78, 5) is 15.3. The highest BCUT2D eigenvalue weighted by molar-refractivity contribution is 5.35. The van der Waals surface area contributed by atoms with Crippen molar-refractivity contribution in [1.82, 2.24) is 9.55 Å². The van der Waals surface area contributed by atoms with E-state index in [9.17, 15) is 4.79 Å². The number of rotatable bonds is 5. The fourth-order valence-electron chi connectivity index (χ4n) is 1.64. The number of nitrogens with zero attached hydrogens (tertiary/aromatic N) is 2. The van der Waals surface area contributed by atoms with Gasteiger partial charge in [-0.1, -0.05) is 13.0 Å². The lowest BCUT2D eigenvalue weighted by Gasteiger charge is -2.07. The zero-order chi connectivity index (χ0) is 12.8. The second-order valence-corrected chi connectivity index (χ2v) is 4.18. The van der Waals surface area contributed by atoms with Crippen LogP contribution in [0.15, 0.2) is 47.7 Å². The molecule has 0 aliphatic rings. The van der Waals surface area contributed by atoms with Crippen molar-refractivity contribution in [2.75, 3.05) is 11.9 Å². The van der Waals surface area contributed by atoms with Gasteiger partial charge in [-0.05, 0) is 18.1 Å². The molecule has 0 bridgehead atoms. The van der Waals surface area contributed by atoms with Crippen molar-refractivity contribution in [3.8, 4) is 0 Å². The molecule has 0 fully saturated rings. The van der Waals surface area contributed by atoms with Gasteiger partial charge >= 0.3 is 0 Å². The van der Waals surface area contributed by atoms with Gasteiger partial charge in [0.25, 0.3) is 0 Å². The molecule has 94 valence electrons. The Labute approximate surface area is 106 Å². The second-order valence-electron chi connectivity index (χ2n) is 4.18. The van der Waals surface area contributed by atoms with Gasteiger partial charge in [0.1, 0.15) is 5.82 Å². The monoisotopic (exact) mass is 243 g/mol. The third-order valence-electron chi connectivity index (χ3n) is 2.61. The molecule has 4 nitrogen and oxygen atoms in total. The van der Waals surface area contributed by atoms with E-state index in [1.165, 1.54) is 0 Å². The SMILES string of the molecule is CCCNc1ccc(Cn2ccc(=O)cc2)cn1. The first-order chi connectivity index (χ1) is 8.78. The molecule has 0 aliphatic heterocycles. The lowest BCUT2D eigenvalue weighted by atomic mass is 10.2. The predicted molar refractivity (Wildman–Crippen MR) is 72.8 cm³/mol. The van der Waals surface area contributed by atoms with Gasteiger partial charge in [-0.3, -0.25) is 4.79 Å². The quantitative estimate of drug-likeness (QED) is 0.875. The molecule has 2 aromatic heterocycles. The van der Waals surface area contributed by atoms with Gasteiger partial charge in [0.15, 0.2) is 5.43 Å². The Hall–Kier alpha value is -2.10. The van der Waals surface area contributed by atoms with Crippen LogP contribution in [-0.4, -0.2) is 16.1 Å². The summed E-state index contributed by atoms with van der Waals surface area (Å²) in [5.74, 6) is 0.903. The normalized spacial score (nSPS) is 10.3. The summed E-state index contributed by atoms with van der Waals surface area (Å²) in [6.45, 7) is 3.78. The molecule has 0 saturated heterocycles. The standard InChI is InChI=1S/C14H17N3O/c1-2-7-15-14-4-3-12(10-16-14)11-17-8-5-13(18)6-9-17/h3-6,8-10H,2,7,11H2,1H3,(H,15,16). The van der Waals surface area contributed by atoms with Gasteiger partial charge in [0, 0.05) is 43.8 Å². The third-order valence-corrected chi connectivity index (χ3v) is 2.61. The van der Waals surface area contributed by atoms with E-state index < -0.39 is 0 Å². The Morgan fingerprint density at radius 2 is 2.00 bits per heavy atom. The average Bonchev–Trinajstić information content (AvgIpc) is 2.41. The summed E-state index contributed by atoms with van der Waals surface area (Å²) in [5.41, 5.74) is 1.14. The van der Waals surface area contributed by atoms with Crippen LogP contribution in [-0.2, 0) is 6.54 Å². The highest BCUT2D eigenvalue weighted by atomic mass is 16.1. The molecular formula is C14H17N3O. The molecule has 0 unspecified atom stereocenters. The molecule has 0 radical (unpaired) electrons. The van der Waals surface area contributed by atoms with Crippen LogP contribution in [0.4, 0.5) is 5.82 Å². The van der Waals surface area contributed by atoms with Gasteiger partial charge in [0.2, 0.25) is 0 Å². The van der Waals surface area contributed by atoms with Crippen LogP contribution in [0.1, 0.15) is 18.9 Å². The predicted octanol–water partition coefficient (Wildman–Crippen LogP) is 2.11. The van der Waals surface area contributed by atoms with Gasteiger partial charge in [0.05, 0.1) is 0 Å². The molecule has 0 spiro atoms. The Bertz CT molecular complexity index is 525. The fraction of sp³-hybridized carbons (Fsp3) is 0.286. The number of hydrogen-bond donors (Lipinski definition) is 1. The van der Waals surface area contributed by atoms with E-state index in [1.807, 2.05) is 22.9 Å². The smallest absolute Gasteiger partial charge is 0.181 e. The lowest BCUT2D eigenvalue weighted by Crippen LogP contribution is -2.06. The Balaban J connectivity index is 2.01. The topological polar surface area (TPSA) is 46.9 Å². The van der Waals surface area contributed by atoms with E-state index in [0.717, 1.165) is 30.9 Å². The first-order valence-corrected chi connectivity index (χ1v) is 6.13. The van der Waals surface area contributed by atoms with Gasteiger partial charge < -0.3 is 9.88 Å². The zero-order valence-corrected chi connectivity index (χ0v) is 10.5. The second kappa shape index (κ2) is 6.00. The molecule has 0 aromatic carbocycles. The molecule has 1 N–H and O–H groups in total. The first-order valence-electron chi connectivity index (χ1n) is 6.13. The Morgan fingerprint density at radius 1 is 1.22 bits per heavy atom. The highest BCUT2D eigenvalue weighted by Gasteiger charge is 1.96. The molecule has 0 amide bonds. The van der Waals surface area contributed by atoms with E-state index in [2.05, 4.69) is 17.2 Å². The number of aromatic nitrogens is 2. The maximum Gasteiger partial charge on any atom is 0.181 e. The summed E-state index contributed by atoms with van der Waals surface area (Å²) in [7, 11) is 0. The number of hydrogen-bond acceptors (Lipinski definition) is 3. The number of anilines is 1. The average molecular weight is 243 g/mol. The van der Waals surface area contributed by atoms with Crippen LogP contribution in [0.2, 0.25) is 0 Å². The molecule has 18 heavy (non-hydrogen) atoms. The van der Waals surface area contributed by atoms with Crippen LogP contribution in [0, 0.1) is 0 Å². The number of pyridine rings is 2. The summed E-state index contributed by atoms with van der Waals surface area (Å²) in [6.07, 6.45) is 6.51. The van der Waals surface area contributed by atoms with Crippen molar-refractivity contribution < 1.29 is 0 Å². The molecule has 0 atom stereocenters. The van der Waals surface area contributed by atoms with Gasteiger partial charge in [-0.15, -0.1) is 0 Å². The molecule has 2 heterocycles. The molecule has 0 aliphatic carbocycles. The first kappa shape index (κ1) is 12.4. The maximum atomic E-state index is 11.0. The van der Waals surface area contributed by atoms with E-state index in [0.29, 0.717) is 0 Å². The molecular weight excluding hydrogens is 226 g/mol. The minimum atomic E-state index is 0.0310. The molecule has 2 aromatic rings. The van der Waals surface area contributed by atoms with Gasteiger partial charge in [-0.2, -0.15) is 0 Å². The van der Waals surface area contributed by atoms with Crippen LogP contribution >= 0.6 is 0 Å². The van der Waals surface area contributed by atoms with Crippen molar-refractivity contribution in [2.24, 2.45) is 0 Å². The van der Waals surface area contributed by atoms with Crippen LogP contribution in [0.5, 0.6) is 0 Å². The summed E-state index contributed by atoms with van der Waals surface area (Å²) in [5, 5.41) is 3.23. The minimum Gasteiger partial charge on any atom is -0.370 e. The largest absolute Gasteiger partial charge is 0.370 e.